The lowest BCUT2D eigenvalue weighted by atomic mass is 10.00. The van der Waals surface area contributed by atoms with Crippen LogP contribution >= 0.6 is 0 Å². The van der Waals surface area contributed by atoms with Crippen molar-refractivity contribution in [2.24, 2.45) is 4.99 Å². The van der Waals surface area contributed by atoms with Gasteiger partial charge < -0.3 is 20.4 Å². The van der Waals surface area contributed by atoms with Gasteiger partial charge >= 0.3 is 0 Å². The van der Waals surface area contributed by atoms with Crippen molar-refractivity contribution in [2.45, 2.75) is 25.4 Å². The molecule has 0 aromatic heterocycles. The van der Waals surface area contributed by atoms with Crippen LogP contribution in [0.15, 0.2) is 47.5 Å². The van der Waals surface area contributed by atoms with Gasteiger partial charge in [0.05, 0.1) is 12.2 Å². The highest BCUT2D eigenvalue weighted by Gasteiger charge is 2.26. The number of carbonyl (C=O) groups excluding carboxylic acids is 1. The number of hydrogen-bond acceptors (Lipinski definition) is 3. The second kappa shape index (κ2) is 9.32. The first-order chi connectivity index (χ1) is 15.0. The van der Waals surface area contributed by atoms with Crippen LogP contribution in [0.1, 0.15) is 17.5 Å². The Labute approximate surface area is 180 Å². The minimum absolute atomic E-state index is 0.0267. The fraction of sp³-hybridized carbons (Fsp3) is 0.391. The second-order valence-corrected chi connectivity index (χ2v) is 7.93. The summed E-state index contributed by atoms with van der Waals surface area (Å²) in [5.41, 5.74) is 2.90. The van der Waals surface area contributed by atoms with E-state index in [0.29, 0.717) is 37.8 Å². The Balaban J connectivity index is 1.27. The molecule has 4 rings (SSSR count). The molecule has 2 aliphatic heterocycles. The van der Waals surface area contributed by atoms with E-state index in [9.17, 15) is 13.6 Å². The molecule has 0 aliphatic carbocycles. The number of aliphatic imine (C=N–C) groups is 1. The number of rotatable bonds is 4. The zero-order chi connectivity index (χ0) is 21.8. The lowest BCUT2D eigenvalue weighted by Gasteiger charge is -2.29. The van der Waals surface area contributed by atoms with E-state index in [4.69, 9.17) is 0 Å². The highest BCUT2D eigenvalue weighted by molar-refractivity contribution is 5.86. The SMILES string of the molecule is CN=C(NCC(=O)N1CCc2ccccc2C1)NC1CCN(c2ccc(F)cc2F)C1. The van der Waals surface area contributed by atoms with Crippen LogP contribution in [0.4, 0.5) is 14.5 Å². The van der Waals surface area contributed by atoms with Gasteiger partial charge in [-0.1, -0.05) is 24.3 Å². The Morgan fingerprint density at radius 2 is 1.97 bits per heavy atom. The topological polar surface area (TPSA) is 60.0 Å². The molecular formula is C23H27F2N5O. The largest absolute Gasteiger partial charge is 0.367 e. The maximum Gasteiger partial charge on any atom is 0.242 e. The van der Waals surface area contributed by atoms with Crippen molar-refractivity contribution in [3.63, 3.8) is 0 Å². The molecule has 6 nitrogen and oxygen atoms in total. The highest BCUT2D eigenvalue weighted by Crippen LogP contribution is 2.24. The minimum atomic E-state index is -0.582. The number of nitrogens with one attached hydrogen (secondary N) is 2. The summed E-state index contributed by atoms with van der Waals surface area (Å²) in [6, 6.07) is 11.9. The van der Waals surface area contributed by atoms with Crippen LogP contribution in [0.3, 0.4) is 0 Å². The Morgan fingerprint density at radius 3 is 2.74 bits per heavy atom. The molecule has 164 valence electrons. The van der Waals surface area contributed by atoms with Crippen LogP contribution in [0.25, 0.3) is 0 Å². The molecule has 2 aromatic carbocycles. The molecule has 1 unspecified atom stereocenters. The quantitative estimate of drug-likeness (QED) is 0.581. The molecule has 1 fully saturated rings. The number of benzene rings is 2. The number of nitrogens with zero attached hydrogens (tertiary/aromatic N) is 3. The first kappa shape index (κ1) is 21.1. The van der Waals surface area contributed by atoms with Gasteiger partial charge in [0.2, 0.25) is 5.91 Å². The maximum absolute atomic E-state index is 14.1. The van der Waals surface area contributed by atoms with Crippen LogP contribution < -0.4 is 15.5 Å². The number of guanidine groups is 1. The summed E-state index contributed by atoms with van der Waals surface area (Å²) >= 11 is 0. The summed E-state index contributed by atoms with van der Waals surface area (Å²) < 4.78 is 27.2. The maximum atomic E-state index is 14.1. The molecule has 0 spiro atoms. The summed E-state index contributed by atoms with van der Waals surface area (Å²) in [5.74, 6) is -0.575. The molecule has 2 aliphatic rings. The van der Waals surface area contributed by atoms with E-state index in [1.54, 1.807) is 7.05 Å². The van der Waals surface area contributed by atoms with Gasteiger partial charge in [-0.25, -0.2) is 8.78 Å². The van der Waals surface area contributed by atoms with Crippen molar-refractivity contribution in [3.05, 3.63) is 65.2 Å². The van der Waals surface area contributed by atoms with Crippen molar-refractivity contribution in [2.75, 3.05) is 38.1 Å². The first-order valence-corrected chi connectivity index (χ1v) is 10.5. The standard InChI is InChI=1S/C23H27F2N5O/c1-26-23(27-13-22(31)30-10-8-16-4-2-3-5-17(16)14-30)28-19-9-11-29(15-19)21-7-6-18(24)12-20(21)25/h2-7,12,19H,8-11,13-15H2,1H3,(H2,26,27,28). The second-order valence-electron chi connectivity index (χ2n) is 7.93. The monoisotopic (exact) mass is 427 g/mol. The third-order valence-electron chi connectivity index (χ3n) is 5.89. The Hall–Kier alpha value is -3.16. The van der Waals surface area contributed by atoms with Gasteiger partial charge in [-0.2, -0.15) is 0 Å². The van der Waals surface area contributed by atoms with E-state index in [-0.39, 0.29) is 18.5 Å². The predicted molar refractivity (Wildman–Crippen MR) is 117 cm³/mol. The average molecular weight is 427 g/mol. The lowest BCUT2D eigenvalue weighted by molar-refractivity contribution is -0.130. The minimum Gasteiger partial charge on any atom is -0.367 e. The Bertz CT molecular complexity index is 980. The van der Waals surface area contributed by atoms with Crippen LogP contribution in [0.5, 0.6) is 0 Å². The van der Waals surface area contributed by atoms with Gasteiger partial charge in [0.25, 0.3) is 0 Å². The Kier molecular flexibility index (Phi) is 6.34. The third kappa shape index (κ3) is 4.95. The van der Waals surface area contributed by atoms with Crippen molar-refractivity contribution >= 4 is 17.6 Å². The van der Waals surface area contributed by atoms with E-state index in [2.05, 4.69) is 27.8 Å². The van der Waals surface area contributed by atoms with Crippen LogP contribution in [-0.2, 0) is 17.8 Å². The van der Waals surface area contributed by atoms with Crippen LogP contribution in [0.2, 0.25) is 0 Å². The molecule has 2 aromatic rings. The van der Waals surface area contributed by atoms with E-state index in [1.807, 2.05) is 21.9 Å². The van der Waals surface area contributed by atoms with Crippen LogP contribution in [-0.4, -0.2) is 56.0 Å². The predicted octanol–water partition coefficient (Wildman–Crippen LogP) is 2.29. The number of fused-ring (bicyclic) bond motifs is 1. The zero-order valence-corrected chi connectivity index (χ0v) is 17.6. The molecule has 0 bridgehead atoms. The smallest absolute Gasteiger partial charge is 0.242 e. The molecular weight excluding hydrogens is 400 g/mol. The lowest BCUT2D eigenvalue weighted by Crippen LogP contribution is -2.48. The number of hydrogen-bond donors (Lipinski definition) is 2. The van der Waals surface area contributed by atoms with Crippen molar-refractivity contribution < 1.29 is 13.6 Å². The normalized spacial score (nSPS) is 18.7. The van der Waals surface area contributed by atoms with Gasteiger partial charge in [-0.3, -0.25) is 9.79 Å². The molecule has 0 saturated carbocycles. The zero-order valence-electron chi connectivity index (χ0n) is 17.6. The van der Waals surface area contributed by atoms with Gasteiger partial charge in [0.15, 0.2) is 5.96 Å². The number of amides is 1. The summed E-state index contributed by atoms with van der Waals surface area (Å²) in [5, 5.41) is 6.40. The molecule has 1 amide bonds. The Morgan fingerprint density at radius 1 is 1.16 bits per heavy atom. The van der Waals surface area contributed by atoms with Crippen molar-refractivity contribution in [3.8, 4) is 0 Å². The molecule has 2 heterocycles. The first-order valence-electron chi connectivity index (χ1n) is 10.5. The van der Waals surface area contributed by atoms with Gasteiger partial charge in [0, 0.05) is 45.3 Å². The molecule has 31 heavy (non-hydrogen) atoms. The summed E-state index contributed by atoms with van der Waals surface area (Å²) in [7, 11) is 1.66. The van der Waals surface area contributed by atoms with Crippen LogP contribution in [0, 0.1) is 11.6 Å². The van der Waals surface area contributed by atoms with E-state index < -0.39 is 11.6 Å². The van der Waals surface area contributed by atoms with Gasteiger partial charge in [-0.15, -0.1) is 0 Å². The fourth-order valence-electron chi connectivity index (χ4n) is 4.20. The van der Waals surface area contributed by atoms with Crippen molar-refractivity contribution in [1.82, 2.24) is 15.5 Å². The molecule has 0 radical (unpaired) electrons. The third-order valence-corrected chi connectivity index (χ3v) is 5.89. The average Bonchev–Trinajstić information content (AvgIpc) is 3.24. The van der Waals surface area contributed by atoms with Gasteiger partial charge in [-0.05, 0) is 36.1 Å². The highest BCUT2D eigenvalue weighted by atomic mass is 19.1. The number of carbonyl (C=O) groups is 1. The summed E-state index contributed by atoms with van der Waals surface area (Å²) in [6.07, 6.45) is 1.65. The molecule has 1 atom stereocenters. The molecule has 8 heteroatoms. The summed E-state index contributed by atoms with van der Waals surface area (Å²) in [6.45, 7) is 2.72. The van der Waals surface area contributed by atoms with Crippen molar-refractivity contribution in [1.29, 1.82) is 0 Å². The van der Waals surface area contributed by atoms with E-state index in [0.717, 1.165) is 18.9 Å². The number of anilines is 1. The fourth-order valence-corrected chi connectivity index (χ4v) is 4.20. The number of halogens is 2. The van der Waals surface area contributed by atoms with Gasteiger partial charge in [0.1, 0.15) is 11.6 Å². The van der Waals surface area contributed by atoms with E-state index >= 15 is 0 Å². The molecule has 2 N–H and O–H groups in total. The summed E-state index contributed by atoms with van der Waals surface area (Å²) in [4.78, 5) is 20.6. The molecule has 1 saturated heterocycles. The van der Waals surface area contributed by atoms with E-state index in [1.165, 1.54) is 23.3 Å².